The molecule has 0 saturated carbocycles. The van der Waals surface area contributed by atoms with Crippen molar-refractivity contribution in [2.24, 2.45) is 0 Å². The molecule has 0 radical (unpaired) electrons. The van der Waals surface area contributed by atoms with E-state index < -0.39 is 0 Å². The summed E-state index contributed by atoms with van der Waals surface area (Å²) in [5.74, 6) is 0.286. The standard InChI is InChI=1S/C15H19N5OS2/c1-8-9(2)23-13-11(8)12-18-19-14(20(12)7-16-13)22-6-10(21)17-15(3,4)5/h7H,6H2,1-5H3,(H,17,21). The molecule has 3 aromatic heterocycles. The maximum Gasteiger partial charge on any atom is 0.230 e. The molecule has 23 heavy (non-hydrogen) atoms. The van der Waals surface area contributed by atoms with Crippen molar-refractivity contribution in [3.8, 4) is 0 Å². The van der Waals surface area contributed by atoms with Crippen molar-refractivity contribution in [3.05, 3.63) is 16.8 Å². The van der Waals surface area contributed by atoms with Gasteiger partial charge in [-0.2, -0.15) is 0 Å². The molecule has 0 aromatic carbocycles. The molecule has 8 heteroatoms. The number of carbonyl (C=O) groups is 1. The molecule has 1 N–H and O–H groups in total. The van der Waals surface area contributed by atoms with Gasteiger partial charge in [0.25, 0.3) is 0 Å². The fourth-order valence-corrected chi connectivity index (χ4v) is 4.00. The zero-order valence-corrected chi connectivity index (χ0v) is 15.4. The van der Waals surface area contributed by atoms with Crippen molar-refractivity contribution < 1.29 is 4.79 Å². The Morgan fingerprint density at radius 1 is 1.35 bits per heavy atom. The molecule has 0 bridgehead atoms. The van der Waals surface area contributed by atoms with Crippen molar-refractivity contribution in [2.75, 3.05) is 5.75 Å². The van der Waals surface area contributed by atoms with E-state index in [-0.39, 0.29) is 11.4 Å². The van der Waals surface area contributed by atoms with Crippen LogP contribution in [0.15, 0.2) is 11.5 Å². The fourth-order valence-electron chi connectivity index (χ4n) is 2.31. The molecule has 0 atom stereocenters. The van der Waals surface area contributed by atoms with Gasteiger partial charge in [-0.15, -0.1) is 21.5 Å². The smallest absolute Gasteiger partial charge is 0.230 e. The highest BCUT2D eigenvalue weighted by Crippen LogP contribution is 2.32. The predicted octanol–water partition coefficient (Wildman–Crippen LogP) is 2.96. The van der Waals surface area contributed by atoms with Crippen molar-refractivity contribution in [1.82, 2.24) is 24.9 Å². The third-order valence-corrected chi connectivity index (χ3v) is 5.45. The van der Waals surface area contributed by atoms with Crippen LogP contribution in [0.3, 0.4) is 0 Å². The Kier molecular flexibility index (Phi) is 4.05. The van der Waals surface area contributed by atoms with Crippen LogP contribution in [0.2, 0.25) is 0 Å². The second-order valence-corrected chi connectivity index (χ2v) is 8.62. The van der Waals surface area contributed by atoms with Crippen molar-refractivity contribution in [1.29, 1.82) is 0 Å². The van der Waals surface area contributed by atoms with Gasteiger partial charge >= 0.3 is 0 Å². The highest BCUT2D eigenvalue weighted by atomic mass is 32.2. The number of aromatic nitrogens is 4. The van der Waals surface area contributed by atoms with E-state index in [0.29, 0.717) is 10.9 Å². The van der Waals surface area contributed by atoms with Gasteiger partial charge in [-0.3, -0.25) is 9.20 Å². The van der Waals surface area contributed by atoms with Crippen LogP contribution in [0.1, 0.15) is 31.2 Å². The highest BCUT2D eigenvalue weighted by Gasteiger charge is 2.17. The van der Waals surface area contributed by atoms with E-state index in [9.17, 15) is 4.79 Å². The van der Waals surface area contributed by atoms with Crippen LogP contribution in [-0.2, 0) is 4.79 Å². The number of carbonyl (C=O) groups excluding carboxylic acids is 1. The van der Waals surface area contributed by atoms with Gasteiger partial charge in [0, 0.05) is 10.4 Å². The monoisotopic (exact) mass is 349 g/mol. The van der Waals surface area contributed by atoms with Crippen LogP contribution in [0, 0.1) is 13.8 Å². The van der Waals surface area contributed by atoms with E-state index in [1.807, 2.05) is 25.2 Å². The maximum absolute atomic E-state index is 12.0. The lowest BCUT2D eigenvalue weighted by Gasteiger charge is -2.20. The molecular formula is C15H19N5OS2. The SMILES string of the molecule is Cc1sc2ncn3c(SCC(=O)NC(C)(C)C)nnc3c2c1C. The van der Waals surface area contributed by atoms with E-state index in [1.54, 1.807) is 17.7 Å². The molecule has 122 valence electrons. The molecule has 0 aliphatic rings. The van der Waals surface area contributed by atoms with Gasteiger partial charge in [0.05, 0.1) is 11.1 Å². The van der Waals surface area contributed by atoms with Crippen molar-refractivity contribution in [3.63, 3.8) is 0 Å². The number of nitrogens with one attached hydrogen (secondary N) is 1. The van der Waals surface area contributed by atoms with Gasteiger partial charge in [0.15, 0.2) is 10.8 Å². The summed E-state index contributed by atoms with van der Waals surface area (Å²) in [6.07, 6.45) is 1.73. The molecule has 3 heterocycles. The number of hydrogen-bond acceptors (Lipinski definition) is 6. The van der Waals surface area contributed by atoms with Crippen molar-refractivity contribution in [2.45, 2.75) is 45.3 Å². The summed E-state index contributed by atoms with van der Waals surface area (Å²) in [6.45, 7) is 10.0. The molecule has 0 saturated heterocycles. The normalized spacial score (nSPS) is 12.2. The molecule has 0 unspecified atom stereocenters. The van der Waals surface area contributed by atoms with Crippen LogP contribution in [-0.4, -0.2) is 36.8 Å². The number of amides is 1. The molecule has 0 spiro atoms. The Balaban J connectivity index is 1.88. The summed E-state index contributed by atoms with van der Waals surface area (Å²) in [5, 5.41) is 13.2. The molecular weight excluding hydrogens is 330 g/mol. The Morgan fingerprint density at radius 2 is 2.09 bits per heavy atom. The van der Waals surface area contributed by atoms with E-state index in [4.69, 9.17) is 0 Å². The molecule has 0 aliphatic carbocycles. The molecule has 3 rings (SSSR count). The molecule has 0 aliphatic heterocycles. The Hall–Kier alpha value is -1.67. The summed E-state index contributed by atoms with van der Waals surface area (Å²) in [5.41, 5.74) is 1.76. The number of rotatable bonds is 3. The number of nitrogens with zero attached hydrogens (tertiary/aromatic N) is 4. The molecule has 0 fully saturated rings. The van der Waals surface area contributed by atoms with E-state index in [0.717, 1.165) is 15.9 Å². The second-order valence-electron chi connectivity index (χ2n) is 6.47. The molecule has 3 aromatic rings. The van der Waals surface area contributed by atoms with E-state index >= 15 is 0 Å². The Morgan fingerprint density at radius 3 is 2.78 bits per heavy atom. The van der Waals surface area contributed by atoms with Crippen LogP contribution in [0.5, 0.6) is 0 Å². The Labute approximate surface area is 142 Å². The van der Waals surface area contributed by atoms with Gasteiger partial charge in [0.2, 0.25) is 5.91 Å². The minimum absolute atomic E-state index is 0.0177. The fraction of sp³-hybridized carbons (Fsp3) is 0.467. The summed E-state index contributed by atoms with van der Waals surface area (Å²) in [6, 6.07) is 0. The summed E-state index contributed by atoms with van der Waals surface area (Å²) in [4.78, 5) is 18.7. The van der Waals surface area contributed by atoms with Gasteiger partial charge < -0.3 is 5.32 Å². The first kappa shape index (κ1) is 16.2. The second kappa shape index (κ2) is 5.76. The lowest BCUT2D eigenvalue weighted by atomic mass is 10.1. The number of thioether (sulfide) groups is 1. The average Bonchev–Trinajstić information content (AvgIpc) is 2.96. The summed E-state index contributed by atoms with van der Waals surface area (Å²) < 4.78 is 1.86. The maximum atomic E-state index is 12.0. The molecule has 1 amide bonds. The van der Waals surface area contributed by atoms with Gasteiger partial charge in [-0.1, -0.05) is 11.8 Å². The lowest BCUT2D eigenvalue weighted by Crippen LogP contribution is -2.41. The third kappa shape index (κ3) is 3.18. The van der Waals surface area contributed by atoms with E-state index in [1.165, 1.54) is 22.2 Å². The van der Waals surface area contributed by atoms with Crippen LogP contribution in [0.25, 0.3) is 15.9 Å². The topological polar surface area (TPSA) is 72.2 Å². The average molecular weight is 349 g/mol. The first-order valence-electron chi connectivity index (χ1n) is 7.29. The summed E-state index contributed by atoms with van der Waals surface area (Å²) >= 11 is 3.03. The van der Waals surface area contributed by atoms with Crippen LogP contribution >= 0.6 is 23.1 Å². The van der Waals surface area contributed by atoms with Gasteiger partial charge in [-0.05, 0) is 40.2 Å². The number of hydrogen-bond donors (Lipinski definition) is 1. The van der Waals surface area contributed by atoms with E-state index in [2.05, 4.69) is 34.3 Å². The van der Waals surface area contributed by atoms with Gasteiger partial charge in [-0.25, -0.2) is 4.98 Å². The third-order valence-electron chi connectivity index (χ3n) is 3.39. The number of aryl methyl sites for hydroxylation is 2. The quantitative estimate of drug-likeness (QED) is 0.736. The van der Waals surface area contributed by atoms with Gasteiger partial charge in [0.1, 0.15) is 11.2 Å². The number of fused-ring (bicyclic) bond motifs is 3. The zero-order chi connectivity index (χ0) is 16.8. The lowest BCUT2D eigenvalue weighted by molar-refractivity contribution is -0.119. The first-order chi connectivity index (χ1) is 10.8. The minimum Gasteiger partial charge on any atom is -0.351 e. The summed E-state index contributed by atoms with van der Waals surface area (Å²) in [7, 11) is 0. The predicted molar refractivity (Wildman–Crippen MR) is 94.3 cm³/mol. The Bertz CT molecular complexity index is 891. The highest BCUT2D eigenvalue weighted by molar-refractivity contribution is 7.99. The number of thiophene rings is 1. The zero-order valence-electron chi connectivity index (χ0n) is 13.8. The largest absolute Gasteiger partial charge is 0.351 e. The molecule has 6 nitrogen and oxygen atoms in total. The first-order valence-corrected chi connectivity index (χ1v) is 9.10. The van der Waals surface area contributed by atoms with Crippen molar-refractivity contribution >= 4 is 44.9 Å². The van der Waals surface area contributed by atoms with Crippen LogP contribution < -0.4 is 5.32 Å². The van der Waals surface area contributed by atoms with Crippen LogP contribution in [0.4, 0.5) is 0 Å². The minimum atomic E-state index is -0.233.